The van der Waals surface area contributed by atoms with E-state index in [0.29, 0.717) is 0 Å². The van der Waals surface area contributed by atoms with Gasteiger partial charge in [-0.15, -0.1) is 11.3 Å². The van der Waals surface area contributed by atoms with Crippen LogP contribution in [0.1, 0.15) is 23.1 Å². The van der Waals surface area contributed by atoms with E-state index in [9.17, 15) is 0 Å². The molecule has 0 aliphatic heterocycles. The summed E-state index contributed by atoms with van der Waals surface area (Å²) in [6.07, 6.45) is 1.94. The molecule has 110 valence electrons. The molecule has 2 N–H and O–H groups in total. The maximum Gasteiger partial charge on any atom is 0.129 e. The normalized spacial score (nSPS) is 12.7. The van der Waals surface area contributed by atoms with Gasteiger partial charge in [0.25, 0.3) is 0 Å². The lowest BCUT2D eigenvalue weighted by atomic mass is 10.1. The van der Waals surface area contributed by atoms with Gasteiger partial charge in [-0.25, -0.2) is 0 Å². The van der Waals surface area contributed by atoms with Crippen LogP contribution < -0.4 is 10.6 Å². The van der Waals surface area contributed by atoms with Crippen molar-refractivity contribution < 1.29 is 0 Å². The molecule has 0 fully saturated rings. The minimum absolute atomic E-state index is 0.155. The van der Waals surface area contributed by atoms with Crippen molar-refractivity contribution in [2.45, 2.75) is 32.7 Å². The molecule has 0 bridgehead atoms. The van der Waals surface area contributed by atoms with Crippen LogP contribution in [0.4, 0.5) is 5.82 Å². The van der Waals surface area contributed by atoms with Crippen molar-refractivity contribution in [3.8, 4) is 0 Å². The first kappa shape index (κ1) is 15.1. The summed E-state index contributed by atoms with van der Waals surface area (Å²) >= 11 is 1.82. The number of thiophene rings is 1. The van der Waals surface area contributed by atoms with E-state index < -0.39 is 0 Å². The predicted octanol–water partition coefficient (Wildman–Crippen LogP) is 2.36. The van der Waals surface area contributed by atoms with E-state index in [1.807, 2.05) is 30.0 Å². The van der Waals surface area contributed by atoms with Crippen molar-refractivity contribution in [2.24, 2.45) is 12.8 Å². The van der Waals surface area contributed by atoms with Crippen molar-refractivity contribution >= 4 is 17.2 Å². The van der Waals surface area contributed by atoms with Gasteiger partial charge in [0.05, 0.1) is 5.69 Å². The molecule has 0 spiro atoms. The molecule has 4 nitrogen and oxygen atoms in total. The third kappa shape index (κ3) is 3.41. The highest BCUT2D eigenvalue weighted by Gasteiger charge is 2.17. The summed E-state index contributed by atoms with van der Waals surface area (Å²) in [6.45, 7) is 5.10. The third-order valence-corrected chi connectivity index (χ3v) is 4.41. The number of anilines is 1. The van der Waals surface area contributed by atoms with Crippen molar-refractivity contribution in [1.29, 1.82) is 0 Å². The zero-order chi connectivity index (χ0) is 14.7. The van der Waals surface area contributed by atoms with Crippen LogP contribution in [-0.4, -0.2) is 29.4 Å². The summed E-state index contributed by atoms with van der Waals surface area (Å²) in [7, 11) is 4.14. The molecule has 2 heterocycles. The Labute approximate surface area is 125 Å². The zero-order valence-electron chi connectivity index (χ0n) is 12.8. The smallest absolute Gasteiger partial charge is 0.129 e. The Morgan fingerprint density at radius 3 is 2.85 bits per heavy atom. The highest BCUT2D eigenvalue weighted by molar-refractivity contribution is 7.09. The molecule has 0 saturated carbocycles. The highest BCUT2D eigenvalue weighted by Crippen LogP contribution is 2.24. The number of hydrogen-bond donors (Lipinski definition) is 1. The van der Waals surface area contributed by atoms with E-state index in [2.05, 4.69) is 41.5 Å². The number of aromatic nitrogens is 2. The molecule has 0 amide bonds. The van der Waals surface area contributed by atoms with Gasteiger partial charge in [-0.05, 0) is 38.1 Å². The Balaban J connectivity index is 2.13. The van der Waals surface area contributed by atoms with Gasteiger partial charge in [0.1, 0.15) is 5.82 Å². The Bertz CT molecular complexity index is 542. The van der Waals surface area contributed by atoms with Gasteiger partial charge in [-0.2, -0.15) is 5.10 Å². The lowest BCUT2D eigenvalue weighted by Gasteiger charge is -2.21. The van der Waals surface area contributed by atoms with Gasteiger partial charge < -0.3 is 10.6 Å². The van der Waals surface area contributed by atoms with Gasteiger partial charge in [0.15, 0.2) is 0 Å². The van der Waals surface area contributed by atoms with Crippen molar-refractivity contribution in [2.75, 3.05) is 18.5 Å². The molecule has 1 atom stereocenters. The molecule has 0 radical (unpaired) electrons. The summed E-state index contributed by atoms with van der Waals surface area (Å²) < 4.78 is 1.97. The maximum absolute atomic E-state index is 5.97. The summed E-state index contributed by atoms with van der Waals surface area (Å²) in [5.41, 5.74) is 8.33. The second-order valence-corrected chi connectivity index (χ2v) is 6.48. The molecule has 0 aliphatic rings. The Hall–Kier alpha value is -1.33. The average molecular weight is 292 g/mol. The van der Waals surface area contributed by atoms with Gasteiger partial charge in [-0.3, -0.25) is 4.68 Å². The van der Waals surface area contributed by atoms with Gasteiger partial charge in [-0.1, -0.05) is 6.07 Å². The minimum atomic E-state index is 0.155. The van der Waals surface area contributed by atoms with Crippen LogP contribution in [0.25, 0.3) is 0 Å². The fourth-order valence-corrected chi connectivity index (χ4v) is 3.27. The van der Waals surface area contributed by atoms with E-state index >= 15 is 0 Å². The Morgan fingerprint density at radius 2 is 2.25 bits per heavy atom. The van der Waals surface area contributed by atoms with Crippen LogP contribution in [0.5, 0.6) is 0 Å². The second-order valence-electron chi connectivity index (χ2n) is 5.44. The third-order valence-electron chi connectivity index (χ3n) is 3.47. The zero-order valence-corrected chi connectivity index (χ0v) is 13.6. The molecule has 5 heteroatoms. The molecular weight excluding hydrogens is 268 g/mol. The van der Waals surface area contributed by atoms with E-state index in [0.717, 1.165) is 25.1 Å². The largest absolute Gasteiger partial charge is 0.359 e. The number of nitrogens with two attached hydrogens (primary N) is 1. The first-order valence-corrected chi connectivity index (χ1v) is 7.88. The molecule has 1 unspecified atom stereocenters. The molecule has 20 heavy (non-hydrogen) atoms. The van der Waals surface area contributed by atoms with Crippen LogP contribution in [-0.2, 0) is 19.9 Å². The topological polar surface area (TPSA) is 47.1 Å². The molecule has 2 rings (SSSR count). The molecule has 2 aromatic rings. The van der Waals surface area contributed by atoms with Crippen LogP contribution >= 0.6 is 11.3 Å². The fourth-order valence-electron chi connectivity index (χ4n) is 2.57. The van der Waals surface area contributed by atoms with Crippen LogP contribution in [0, 0.1) is 6.92 Å². The van der Waals surface area contributed by atoms with Crippen molar-refractivity contribution in [3.05, 3.63) is 33.6 Å². The van der Waals surface area contributed by atoms with E-state index in [-0.39, 0.29) is 6.04 Å². The van der Waals surface area contributed by atoms with E-state index in [1.165, 1.54) is 16.3 Å². The molecule has 2 aromatic heterocycles. The summed E-state index contributed by atoms with van der Waals surface area (Å²) in [4.78, 5) is 3.71. The minimum Gasteiger partial charge on any atom is -0.359 e. The van der Waals surface area contributed by atoms with Gasteiger partial charge in [0.2, 0.25) is 0 Å². The second kappa shape index (κ2) is 6.41. The SMILES string of the molecule is Cc1nn(C)c(N(C)CCc2cccs2)c1CC(C)N. The number of nitrogens with zero attached hydrogens (tertiary/aromatic N) is 3. The van der Waals surface area contributed by atoms with E-state index in [1.54, 1.807) is 0 Å². The molecule has 0 aliphatic carbocycles. The number of hydrogen-bond acceptors (Lipinski definition) is 4. The van der Waals surface area contributed by atoms with Crippen LogP contribution in [0.3, 0.4) is 0 Å². The Kier molecular flexibility index (Phi) is 4.83. The first-order chi connectivity index (χ1) is 9.49. The highest BCUT2D eigenvalue weighted by atomic mass is 32.1. The monoisotopic (exact) mass is 292 g/mol. The van der Waals surface area contributed by atoms with Gasteiger partial charge in [0, 0.05) is 37.1 Å². The summed E-state index contributed by atoms with van der Waals surface area (Å²) in [5.74, 6) is 1.19. The quantitative estimate of drug-likeness (QED) is 0.889. The molecular formula is C15H24N4S. The predicted molar refractivity (Wildman–Crippen MR) is 86.6 cm³/mol. The number of rotatable bonds is 6. The van der Waals surface area contributed by atoms with E-state index in [4.69, 9.17) is 5.73 Å². The fraction of sp³-hybridized carbons (Fsp3) is 0.533. The van der Waals surface area contributed by atoms with Gasteiger partial charge >= 0.3 is 0 Å². The van der Waals surface area contributed by atoms with Crippen molar-refractivity contribution in [3.63, 3.8) is 0 Å². The Morgan fingerprint density at radius 1 is 1.50 bits per heavy atom. The standard InChI is InChI=1S/C15H24N4S/c1-11(16)10-14-12(2)17-19(4)15(14)18(3)8-7-13-6-5-9-20-13/h5-6,9,11H,7-8,10,16H2,1-4H3. The summed E-state index contributed by atoms with van der Waals surface area (Å²) in [5, 5.41) is 6.68. The molecule has 0 saturated heterocycles. The average Bonchev–Trinajstić information content (AvgIpc) is 2.95. The molecule has 0 aromatic carbocycles. The maximum atomic E-state index is 5.97. The lowest BCUT2D eigenvalue weighted by Crippen LogP contribution is -2.25. The number of aryl methyl sites for hydroxylation is 2. The van der Waals surface area contributed by atoms with Crippen LogP contribution in [0.15, 0.2) is 17.5 Å². The first-order valence-electron chi connectivity index (χ1n) is 7.00. The van der Waals surface area contributed by atoms with Crippen LogP contribution in [0.2, 0.25) is 0 Å². The van der Waals surface area contributed by atoms with Crippen molar-refractivity contribution in [1.82, 2.24) is 9.78 Å². The lowest BCUT2D eigenvalue weighted by molar-refractivity contribution is 0.714. The number of likely N-dealkylation sites (N-methyl/N-ethyl adjacent to an activating group) is 1. The summed E-state index contributed by atoms with van der Waals surface area (Å²) in [6, 6.07) is 4.45.